The van der Waals surface area contributed by atoms with Gasteiger partial charge in [0.15, 0.2) is 0 Å². The van der Waals surface area contributed by atoms with Gasteiger partial charge in [-0.2, -0.15) is 5.10 Å². The lowest BCUT2D eigenvalue weighted by Crippen LogP contribution is -2.36. The maximum atomic E-state index is 5.77. The molecule has 0 fully saturated rings. The van der Waals surface area contributed by atoms with Crippen molar-refractivity contribution >= 4 is 15.9 Å². The summed E-state index contributed by atoms with van der Waals surface area (Å²) in [5.41, 5.74) is 2.41. The molecule has 0 saturated carbocycles. The highest BCUT2D eigenvalue weighted by molar-refractivity contribution is 9.10. The molecule has 1 aromatic rings. The van der Waals surface area contributed by atoms with Gasteiger partial charge in [0, 0.05) is 19.0 Å². The second kappa shape index (κ2) is 8.80. The van der Waals surface area contributed by atoms with E-state index in [1.807, 2.05) is 0 Å². The van der Waals surface area contributed by atoms with Crippen LogP contribution in [0.5, 0.6) is 0 Å². The molecule has 0 aliphatic rings. The van der Waals surface area contributed by atoms with Crippen molar-refractivity contribution in [3.63, 3.8) is 0 Å². The van der Waals surface area contributed by atoms with Crippen molar-refractivity contribution in [3.8, 4) is 0 Å². The summed E-state index contributed by atoms with van der Waals surface area (Å²) in [6.07, 6.45) is 2.15. The number of nitrogens with zero attached hydrogens (tertiary/aromatic N) is 2. The van der Waals surface area contributed by atoms with Gasteiger partial charge >= 0.3 is 0 Å². The lowest BCUT2D eigenvalue weighted by molar-refractivity contribution is 0.0612. The first-order chi connectivity index (χ1) is 9.53. The molecule has 1 aromatic heterocycles. The first kappa shape index (κ1) is 17.7. The molecular formula is C15H28BrN3O. The van der Waals surface area contributed by atoms with E-state index in [-0.39, 0.29) is 6.10 Å². The Hall–Kier alpha value is -0.390. The van der Waals surface area contributed by atoms with Crippen LogP contribution in [0.15, 0.2) is 4.47 Å². The van der Waals surface area contributed by atoms with Crippen molar-refractivity contribution in [1.29, 1.82) is 0 Å². The van der Waals surface area contributed by atoms with Crippen LogP contribution < -0.4 is 5.32 Å². The van der Waals surface area contributed by atoms with E-state index in [2.05, 4.69) is 65.6 Å². The van der Waals surface area contributed by atoms with Crippen LogP contribution in [-0.4, -0.2) is 35.1 Å². The summed E-state index contributed by atoms with van der Waals surface area (Å²) in [6, 6.07) is 0.324. The number of hydrogen-bond acceptors (Lipinski definition) is 3. The third kappa shape index (κ3) is 4.86. The van der Waals surface area contributed by atoms with E-state index < -0.39 is 0 Å². The molecule has 20 heavy (non-hydrogen) atoms. The molecule has 0 aliphatic heterocycles. The first-order valence-corrected chi connectivity index (χ1v) is 8.41. The van der Waals surface area contributed by atoms with Gasteiger partial charge in [0.05, 0.1) is 28.6 Å². The monoisotopic (exact) mass is 345 g/mol. The van der Waals surface area contributed by atoms with E-state index in [4.69, 9.17) is 4.74 Å². The summed E-state index contributed by atoms with van der Waals surface area (Å²) >= 11 is 3.71. The molecule has 1 heterocycles. The maximum Gasteiger partial charge on any atom is 0.0766 e. The van der Waals surface area contributed by atoms with Gasteiger partial charge in [-0.05, 0) is 49.7 Å². The van der Waals surface area contributed by atoms with Crippen LogP contribution in [0.4, 0.5) is 0 Å². The van der Waals surface area contributed by atoms with E-state index in [9.17, 15) is 0 Å². The number of aryl methyl sites for hydroxylation is 2. The topological polar surface area (TPSA) is 39.1 Å². The number of hydrogen-bond donors (Lipinski definition) is 1. The molecule has 116 valence electrons. The fourth-order valence-electron chi connectivity index (χ4n) is 2.23. The molecule has 0 radical (unpaired) electrons. The molecule has 1 rings (SSSR count). The maximum absolute atomic E-state index is 5.77. The zero-order valence-corrected chi connectivity index (χ0v) is 15.0. The van der Waals surface area contributed by atoms with Gasteiger partial charge in [0.1, 0.15) is 0 Å². The van der Waals surface area contributed by atoms with Crippen molar-refractivity contribution in [2.75, 3.05) is 13.2 Å². The lowest BCUT2D eigenvalue weighted by Gasteiger charge is -2.20. The number of likely N-dealkylation sites (N-methyl/N-ethyl adjacent to an activating group) is 1. The molecule has 5 heteroatoms. The van der Waals surface area contributed by atoms with Crippen molar-refractivity contribution in [2.45, 2.75) is 66.2 Å². The Labute approximate surface area is 131 Å². The first-order valence-electron chi connectivity index (χ1n) is 7.62. The normalized spacial score (nSPS) is 13.2. The van der Waals surface area contributed by atoms with Crippen molar-refractivity contribution in [1.82, 2.24) is 15.1 Å². The Kier molecular flexibility index (Phi) is 7.77. The quantitative estimate of drug-likeness (QED) is 0.747. The zero-order chi connectivity index (χ0) is 15.1. The van der Waals surface area contributed by atoms with E-state index in [1.54, 1.807) is 0 Å². The highest BCUT2D eigenvalue weighted by atomic mass is 79.9. The van der Waals surface area contributed by atoms with E-state index in [0.717, 1.165) is 42.7 Å². The number of nitrogens with one attached hydrogen (secondary N) is 1. The number of aromatic nitrogens is 2. The van der Waals surface area contributed by atoms with Crippen molar-refractivity contribution < 1.29 is 4.74 Å². The largest absolute Gasteiger partial charge is 0.377 e. The SMILES string of the molecule is CCNC(COC(C)C)Cc1c(Br)c(CC)nn1CC. The fourth-order valence-corrected chi connectivity index (χ4v) is 2.96. The van der Waals surface area contributed by atoms with E-state index >= 15 is 0 Å². The Bertz CT molecular complexity index is 404. The second-order valence-corrected chi connectivity index (χ2v) is 6.01. The molecule has 0 aliphatic carbocycles. The predicted molar refractivity (Wildman–Crippen MR) is 87.2 cm³/mol. The standard InChI is InChI=1S/C15H28BrN3O/c1-6-13-15(16)14(19(8-3)18-13)9-12(17-7-2)10-20-11(4)5/h11-12,17H,6-10H2,1-5H3. The zero-order valence-electron chi connectivity index (χ0n) is 13.4. The molecule has 1 N–H and O–H groups in total. The van der Waals surface area contributed by atoms with E-state index in [1.165, 1.54) is 5.69 Å². The molecule has 1 atom stereocenters. The molecule has 0 saturated heterocycles. The summed E-state index contributed by atoms with van der Waals surface area (Å²) in [5.74, 6) is 0. The molecule has 0 bridgehead atoms. The van der Waals surface area contributed by atoms with Gasteiger partial charge in [-0.1, -0.05) is 13.8 Å². The average molecular weight is 346 g/mol. The highest BCUT2D eigenvalue weighted by Gasteiger charge is 2.18. The van der Waals surface area contributed by atoms with Crippen LogP contribution in [0.2, 0.25) is 0 Å². The van der Waals surface area contributed by atoms with Crippen molar-refractivity contribution in [2.24, 2.45) is 0 Å². The van der Waals surface area contributed by atoms with Crippen LogP contribution >= 0.6 is 15.9 Å². The molecular weight excluding hydrogens is 318 g/mol. The molecule has 0 amide bonds. The van der Waals surface area contributed by atoms with E-state index in [0.29, 0.717) is 6.04 Å². The summed E-state index contributed by atoms with van der Waals surface area (Å²) in [5, 5.41) is 8.16. The Morgan fingerprint density at radius 1 is 1.30 bits per heavy atom. The fraction of sp³-hybridized carbons (Fsp3) is 0.800. The number of halogens is 1. The van der Waals surface area contributed by atoms with Crippen molar-refractivity contribution in [3.05, 3.63) is 15.9 Å². The van der Waals surface area contributed by atoms with Gasteiger partial charge < -0.3 is 10.1 Å². The third-order valence-corrected chi connectivity index (χ3v) is 4.17. The molecule has 4 nitrogen and oxygen atoms in total. The minimum atomic E-state index is 0.266. The van der Waals surface area contributed by atoms with Crippen LogP contribution in [0, 0.1) is 0 Å². The van der Waals surface area contributed by atoms with Gasteiger partial charge in [-0.15, -0.1) is 0 Å². The minimum Gasteiger partial charge on any atom is -0.377 e. The average Bonchev–Trinajstić information content (AvgIpc) is 2.72. The van der Waals surface area contributed by atoms with Crippen LogP contribution in [0.3, 0.4) is 0 Å². The third-order valence-electron chi connectivity index (χ3n) is 3.26. The lowest BCUT2D eigenvalue weighted by atomic mass is 10.1. The highest BCUT2D eigenvalue weighted by Crippen LogP contribution is 2.23. The molecule has 1 unspecified atom stereocenters. The van der Waals surface area contributed by atoms with Crippen LogP contribution in [0.25, 0.3) is 0 Å². The Balaban J connectivity index is 2.83. The predicted octanol–water partition coefficient (Wildman–Crippen LogP) is 3.17. The van der Waals surface area contributed by atoms with Gasteiger partial charge in [0.25, 0.3) is 0 Å². The summed E-state index contributed by atoms with van der Waals surface area (Å²) in [6.45, 7) is 13.1. The Morgan fingerprint density at radius 2 is 2.00 bits per heavy atom. The summed E-state index contributed by atoms with van der Waals surface area (Å²) in [4.78, 5) is 0. The number of rotatable bonds is 9. The van der Waals surface area contributed by atoms with Crippen LogP contribution in [0.1, 0.15) is 46.0 Å². The second-order valence-electron chi connectivity index (χ2n) is 5.22. The minimum absolute atomic E-state index is 0.266. The Morgan fingerprint density at radius 3 is 2.50 bits per heavy atom. The van der Waals surface area contributed by atoms with Gasteiger partial charge in [0.2, 0.25) is 0 Å². The number of ether oxygens (including phenoxy) is 1. The van der Waals surface area contributed by atoms with Gasteiger partial charge in [-0.25, -0.2) is 0 Å². The smallest absolute Gasteiger partial charge is 0.0766 e. The van der Waals surface area contributed by atoms with Crippen LogP contribution in [-0.2, 0) is 24.1 Å². The summed E-state index contributed by atoms with van der Waals surface area (Å²) in [7, 11) is 0. The van der Waals surface area contributed by atoms with Gasteiger partial charge in [-0.3, -0.25) is 4.68 Å². The molecule has 0 spiro atoms. The molecule has 0 aromatic carbocycles. The summed E-state index contributed by atoms with van der Waals surface area (Å²) < 4.78 is 9.03.